The van der Waals surface area contributed by atoms with Gasteiger partial charge in [0.25, 0.3) is 5.56 Å². The van der Waals surface area contributed by atoms with Gasteiger partial charge in [0.2, 0.25) is 0 Å². The molecule has 0 aliphatic carbocycles. The van der Waals surface area contributed by atoms with Crippen LogP contribution >= 0.6 is 0 Å². The standard InChI is InChI=1S/C10H8FNO3/c1-15-5-2-6(11)10-7(3-5)12-9(14)4-8(10)13/h2-4H,1H3,(H2,12,13,14). The Morgan fingerprint density at radius 2 is 2.13 bits per heavy atom. The van der Waals surface area contributed by atoms with E-state index in [0.717, 1.165) is 12.1 Å². The number of aromatic amines is 1. The number of rotatable bonds is 1. The highest BCUT2D eigenvalue weighted by Gasteiger charge is 2.09. The van der Waals surface area contributed by atoms with E-state index in [4.69, 9.17) is 4.74 Å². The van der Waals surface area contributed by atoms with Gasteiger partial charge >= 0.3 is 0 Å². The first-order valence-electron chi connectivity index (χ1n) is 4.21. The lowest BCUT2D eigenvalue weighted by Gasteiger charge is -2.05. The predicted molar refractivity (Wildman–Crippen MR) is 52.7 cm³/mol. The smallest absolute Gasteiger partial charge is 0.252 e. The largest absolute Gasteiger partial charge is 0.507 e. The first-order chi connectivity index (χ1) is 7.11. The Morgan fingerprint density at radius 1 is 1.40 bits per heavy atom. The van der Waals surface area contributed by atoms with Crippen LogP contribution in [0.3, 0.4) is 0 Å². The summed E-state index contributed by atoms with van der Waals surface area (Å²) in [7, 11) is 1.39. The summed E-state index contributed by atoms with van der Waals surface area (Å²) < 4.78 is 18.3. The molecule has 0 bridgehead atoms. The highest BCUT2D eigenvalue weighted by molar-refractivity contribution is 5.86. The number of H-pyrrole nitrogens is 1. The van der Waals surface area contributed by atoms with Crippen molar-refractivity contribution in [1.29, 1.82) is 0 Å². The van der Waals surface area contributed by atoms with E-state index in [1.807, 2.05) is 0 Å². The van der Waals surface area contributed by atoms with Crippen molar-refractivity contribution >= 4 is 10.9 Å². The van der Waals surface area contributed by atoms with Gasteiger partial charge in [0.05, 0.1) is 18.0 Å². The van der Waals surface area contributed by atoms with Gasteiger partial charge in [-0.25, -0.2) is 4.39 Å². The van der Waals surface area contributed by atoms with Crippen molar-refractivity contribution in [3.8, 4) is 11.5 Å². The highest BCUT2D eigenvalue weighted by Crippen LogP contribution is 2.27. The number of benzene rings is 1. The number of aromatic hydroxyl groups is 1. The van der Waals surface area contributed by atoms with E-state index < -0.39 is 11.4 Å². The summed E-state index contributed by atoms with van der Waals surface area (Å²) in [6, 6.07) is 3.51. The van der Waals surface area contributed by atoms with E-state index in [0.29, 0.717) is 0 Å². The molecule has 2 rings (SSSR count). The van der Waals surface area contributed by atoms with Crippen molar-refractivity contribution in [3.63, 3.8) is 0 Å². The zero-order chi connectivity index (χ0) is 11.0. The second kappa shape index (κ2) is 3.27. The fourth-order valence-electron chi connectivity index (χ4n) is 1.42. The molecule has 0 saturated carbocycles. The Hall–Kier alpha value is -2.04. The Morgan fingerprint density at radius 3 is 2.80 bits per heavy atom. The Kier molecular flexibility index (Phi) is 2.07. The lowest BCUT2D eigenvalue weighted by atomic mass is 10.2. The first-order valence-corrected chi connectivity index (χ1v) is 4.21. The summed E-state index contributed by atoms with van der Waals surface area (Å²) in [4.78, 5) is 13.4. The van der Waals surface area contributed by atoms with Crippen LogP contribution in [0.15, 0.2) is 23.0 Å². The first kappa shape index (κ1) is 9.51. The third kappa shape index (κ3) is 1.52. The number of hydrogen-bond donors (Lipinski definition) is 2. The zero-order valence-corrected chi connectivity index (χ0v) is 7.87. The molecule has 0 radical (unpaired) electrons. The number of nitrogens with one attached hydrogen (secondary N) is 1. The molecule has 2 N–H and O–H groups in total. The number of ether oxygens (including phenoxy) is 1. The number of halogens is 1. The van der Waals surface area contributed by atoms with E-state index in [2.05, 4.69) is 4.98 Å². The van der Waals surface area contributed by atoms with Gasteiger partial charge in [0.15, 0.2) is 0 Å². The van der Waals surface area contributed by atoms with Gasteiger partial charge < -0.3 is 14.8 Å². The van der Waals surface area contributed by atoms with Crippen LogP contribution in [0.4, 0.5) is 4.39 Å². The Balaban J connectivity index is 2.91. The molecule has 0 amide bonds. The molecule has 15 heavy (non-hydrogen) atoms. The van der Waals surface area contributed by atoms with E-state index >= 15 is 0 Å². The summed E-state index contributed by atoms with van der Waals surface area (Å²) in [6.07, 6.45) is 0. The van der Waals surface area contributed by atoms with Crippen LogP contribution in [-0.2, 0) is 0 Å². The van der Waals surface area contributed by atoms with Crippen LogP contribution in [0.1, 0.15) is 0 Å². The van der Waals surface area contributed by atoms with Gasteiger partial charge in [-0.05, 0) is 0 Å². The zero-order valence-electron chi connectivity index (χ0n) is 7.87. The minimum Gasteiger partial charge on any atom is -0.507 e. The van der Waals surface area contributed by atoms with E-state index in [1.165, 1.54) is 13.2 Å². The fraction of sp³-hybridized carbons (Fsp3) is 0.100. The van der Waals surface area contributed by atoms with Crippen molar-refractivity contribution in [2.24, 2.45) is 0 Å². The van der Waals surface area contributed by atoms with Gasteiger partial charge in [-0.15, -0.1) is 0 Å². The molecular formula is C10H8FNO3. The van der Waals surface area contributed by atoms with E-state index in [-0.39, 0.29) is 22.4 Å². The van der Waals surface area contributed by atoms with Crippen LogP contribution in [-0.4, -0.2) is 17.2 Å². The van der Waals surface area contributed by atoms with Crippen molar-refractivity contribution in [2.45, 2.75) is 0 Å². The maximum absolute atomic E-state index is 13.5. The number of aromatic nitrogens is 1. The van der Waals surface area contributed by atoms with Crippen LogP contribution < -0.4 is 10.3 Å². The number of fused-ring (bicyclic) bond motifs is 1. The molecule has 78 valence electrons. The topological polar surface area (TPSA) is 62.3 Å². The minimum atomic E-state index is -0.641. The second-order valence-corrected chi connectivity index (χ2v) is 3.05. The fourth-order valence-corrected chi connectivity index (χ4v) is 1.42. The van der Waals surface area contributed by atoms with Crippen molar-refractivity contribution < 1.29 is 14.2 Å². The number of pyridine rings is 1. The molecular weight excluding hydrogens is 201 g/mol. The van der Waals surface area contributed by atoms with Crippen LogP contribution in [0.2, 0.25) is 0 Å². The molecule has 4 nitrogen and oxygen atoms in total. The maximum Gasteiger partial charge on any atom is 0.252 e. The predicted octanol–water partition coefficient (Wildman–Crippen LogP) is 1.38. The Labute approximate surface area is 83.9 Å². The summed E-state index contributed by atoms with van der Waals surface area (Å²) in [5, 5.41) is 9.38. The summed E-state index contributed by atoms with van der Waals surface area (Å²) in [5.74, 6) is -0.742. The molecule has 0 aliphatic heterocycles. The monoisotopic (exact) mass is 209 g/mol. The second-order valence-electron chi connectivity index (χ2n) is 3.05. The summed E-state index contributed by atoms with van der Waals surface area (Å²) >= 11 is 0. The molecule has 0 aliphatic rings. The van der Waals surface area contributed by atoms with Crippen LogP contribution in [0, 0.1) is 5.82 Å². The molecule has 1 aromatic heterocycles. The van der Waals surface area contributed by atoms with Gasteiger partial charge in [0, 0.05) is 18.2 Å². The molecule has 0 spiro atoms. The third-order valence-electron chi connectivity index (χ3n) is 2.08. The quantitative estimate of drug-likeness (QED) is 0.745. The van der Waals surface area contributed by atoms with Crippen molar-refractivity contribution in [2.75, 3.05) is 7.11 Å². The molecule has 0 saturated heterocycles. The number of methoxy groups -OCH3 is 1. The van der Waals surface area contributed by atoms with E-state index in [9.17, 15) is 14.3 Å². The highest BCUT2D eigenvalue weighted by atomic mass is 19.1. The summed E-state index contributed by atoms with van der Waals surface area (Å²) in [6.45, 7) is 0. The molecule has 5 heteroatoms. The number of hydrogen-bond acceptors (Lipinski definition) is 3. The average Bonchev–Trinajstić information content (AvgIpc) is 2.15. The lowest BCUT2D eigenvalue weighted by Crippen LogP contribution is -2.04. The van der Waals surface area contributed by atoms with Crippen LogP contribution in [0.5, 0.6) is 11.5 Å². The van der Waals surface area contributed by atoms with Gasteiger partial charge in [-0.1, -0.05) is 0 Å². The molecule has 2 aromatic rings. The van der Waals surface area contributed by atoms with Gasteiger partial charge in [-0.3, -0.25) is 4.79 Å². The van der Waals surface area contributed by atoms with Crippen molar-refractivity contribution in [3.05, 3.63) is 34.4 Å². The average molecular weight is 209 g/mol. The molecule has 0 fully saturated rings. The molecule has 0 unspecified atom stereocenters. The van der Waals surface area contributed by atoms with Crippen molar-refractivity contribution in [1.82, 2.24) is 4.98 Å². The normalized spacial score (nSPS) is 10.5. The maximum atomic E-state index is 13.5. The van der Waals surface area contributed by atoms with Gasteiger partial charge in [-0.2, -0.15) is 0 Å². The third-order valence-corrected chi connectivity index (χ3v) is 2.08. The van der Waals surface area contributed by atoms with Gasteiger partial charge in [0.1, 0.15) is 17.3 Å². The molecule has 1 heterocycles. The minimum absolute atomic E-state index is 0.0181. The van der Waals surface area contributed by atoms with Crippen LogP contribution in [0.25, 0.3) is 10.9 Å². The SMILES string of the molecule is COc1cc(F)c2c(O)cc(=O)[nH]c2c1. The Bertz CT molecular complexity index is 577. The molecule has 0 atom stereocenters. The van der Waals surface area contributed by atoms with E-state index in [1.54, 1.807) is 0 Å². The molecule has 1 aromatic carbocycles. The summed E-state index contributed by atoms with van der Waals surface area (Å²) in [5.41, 5.74) is -0.287. The lowest BCUT2D eigenvalue weighted by molar-refractivity contribution is 0.412.